The van der Waals surface area contributed by atoms with Gasteiger partial charge < -0.3 is 9.88 Å². The summed E-state index contributed by atoms with van der Waals surface area (Å²) in [5.74, 6) is -0.940. The van der Waals surface area contributed by atoms with Crippen molar-refractivity contribution in [2.24, 2.45) is 0 Å². The maximum absolute atomic E-state index is 12.9. The molecule has 1 amide bonds. The van der Waals surface area contributed by atoms with E-state index in [-0.39, 0.29) is 5.57 Å². The van der Waals surface area contributed by atoms with Crippen LogP contribution in [0.1, 0.15) is 5.69 Å². The molecule has 4 nitrogen and oxygen atoms in total. The Bertz CT molecular complexity index is 951. The van der Waals surface area contributed by atoms with Crippen LogP contribution >= 0.6 is 0 Å². The normalized spacial score (nSPS) is 11.0. The first kappa shape index (κ1) is 16.2. The fraction of sp³-hybridized carbons (Fsp3) is 0. The monoisotopic (exact) mass is 331 g/mol. The number of nitriles is 1. The number of amides is 1. The average molecular weight is 331 g/mol. The summed E-state index contributed by atoms with van der Waals surface area (Å²) in [7, 11) is 0. The lowest BCUT2D eigenvalue weighted by atomic mass is 10.2. The summed E-state index contributed by atoms with van der Waals surface area (Å²) < 4.78 is 14.8. The second-order valence-electron chi connectivity index (χ2n) is 5.27. The van der Waals surface area contributed by atoms with Gasteiger partial charge in [-0.3, -0.25) is 4.79 Å². The number of nitrogens with one attached hydrogen (secondary N) is 1. The van der Waals surface area contributed by atoms with Gasteiger partial charge in [0, 0.05) is 23.3 Å². The molecular formula is C20H14FN3O. The number of hydrogen-bond donors (Lipinski definition) is 1. The van der Waals surface area contributed by atoms with Crippen molar-refractivity contribution >= 4 is 17.7 Å². The summed E-state index contributed by atoms with van der Waals surface area (Å²) in [6, 6.07) is 20.5. The van der Waals surface area contributed by atoms with Crippen molar-refractivity contribution in [1.82, 2.24) is 4.57 Å². The van der Waals surface area contributed by atoms with E-state index in [0.717, 1.165) is 5.69 Å². The molecule has 0 bridgehead atoms. The van der Waals surface area contributed by atoms with Crippen molar-refractivity contribution in [2.45, 2.75) is 0 Å². The number of hydrogen-bond acceptors (Lipinski definition) is 2. The number of aromatic nitrogens is 1. The first-order chi connectivity index (χ1) is 12.2. The molecule has 0 fully saturated rings. The average Bonchev–Trinajstić information content (AvgIpc) is 3.10. The van der Waals surface area contributed by atoms with Crippen molar-refractivity contribution in [3.63, 3.8) is 0 Å². The van der Waals surface area contributed by atoms with Gasteiger partial charge in [-0.25, -0.2) is 4.39 Å². The van der Waals surface area contributed by atoms with Crippen LogP contribution in [0.2, 0.25) is 0 Å². The number of carbonyl (C=O) groups excluding carboxylic acids is 1. The topological polar surface area (TPSA) is 57.8 Å². The predicted molar refractivity (Wildman–Crippen MR) is 94.4 cm³/mol. The lowest BCUT2D eigenvalue weighted by Gasteiger charge is -2.07. The smallest absolute Gasteiger partial charge is 0.266 e. The molecule has 0 aliphatic heterocycles. The molecule has 3 rings (SSSR count). The van der Waals surface area contributed by atoms with Crippen molar-refractivity contribution < 1.29 is 9.18 Å². The molecule has 1 aromatic heterocycles. The highest BCUT2D eigenvalue weighted by Gasteiger charge is 2.11. The van der Waals surface area contributed by atoms with Crippen molar-refractivity contribution in [2.75, 3.05) is 5.32 Å². The Morgan fingerprint density at radius 2 is 1.76 bits per heavy atom. The molecule has 0 spiro atoms. The summed E-state index contributed by atoms with van der Waals surface area (Å²) in [4.78, 5) is 12.3. The molecular weight excluding hydrogens is 317 g/mol. The first-order valence-corrected chi connectivity index (χ1v) is 7.59. The van der Waals surface area contributed by atoms with E-state index in [1.807, 2.05) is 59.3 Å². The van der Waals surface area contributed by atoms with Gasteiger partial charge in [0.05, 0.1) is 0 Å². The third-order valence-corrected chi connectivity index (χ3v) is 3.57. The summed E-state index contributed by atoms with van der Waals surface area (Å²) in [6.07, 6.45) is 3.37. The molecule has 0 aliphatic rings. The standard InChI is InChI=1S/C20H14FN3O/c21-16-8-10-17(11-9-16)23-20(25)15(14-22)13-19-7-4-12-24(19)18-5-2-1-3-6-18/h1-13H,(H,23,25)/b15-13-. The summed E-state index contributed by atoms with van der Waals surface area (Å²) in [6.45, 7) is 0. The minimum atomic E-state index is -0.546. The number of anilines is 1. The Hall–Kier alpha value is -3.65. The van der Waals surface area contributed by atoms with Crippen LogP contribution in [0.4, 0.5) is 10.1 Å². The number of nitrogens with zero attached hydrogens (tertiary/aromatic N) is 2. The molecule has 1 N–H and O–H groups in total. The summed E-state index contributed by atoms with van der Waals surface area (Å²) in [5, 5.41) is 11.9. The van der Waals surface area contributed by atoms with Crippen molar-refractivity contribution in [3.8, 4) is 11.8 Å². The Morgan fingerprint density at radius 1 is 1.04 bits per heavy atom. The molecule has 122 valence electrons. The molecule has 0 atom stereocenters. The molecule has 25 heavy (non-hydrogen) atoms. The lowest BCUT2D eigenvalue weighted by Crippen LogP contribution is -2.13. The maximum atomic E-state index is 12.9. The first-order valence-electron chi connectivity index (χ1n) is 7.59. The zero-order chi connectivity index (χ0) is 17.6. The molecule has 0 saturated carbocycles. The van der Waals surface area contributed by atoms with Crippen LogP contribution in [0, 0.1) is 17.1 Å². The number of carbonyl (C=O) groups is 1. The van der Waals surface area contributed by atoms with E-state index in [2.05, 4.69) is 5.32 Å². The zero-order valence-electron chi connectivity index (χ0n) is 13.2. The fourth-order valence-corrected chi connectivity index (χ4v) is 2.36. The quantitative estimate of drug-likeness (QED) is 0.576. The Kier molecular flexibility index (Phi) is 4.72. The SMILES string of the molecule is N#C/C(=C/c1cccn1-c1ccccc1)C(=O)Nc1ccc(F)cc1. The van der Waals surface area contributed by atoms with Gasteiger partial charge in [0.1, 0.15) is 17.5 Å². The highest BCUT2D eigenvalue weighted by molar-refractivity contribution is 6.09. The van der Waals surface area contributed by atoms with Crippen LogP contribution in [0.5, 0.6) is 0 Å². The minimum absolute atomic E-state index is 0.0415. The zero-order valence-corrected chi connectivity index (χ0v) is 13.2. The van der Waals surface area contributed by atoms with Gasteiger partial charge in [-0.2, -0.15) is 5.26 Å². The van der Waals surface area contributed by atoms with Gasteiger partial charge >= 0.3 is 0 Å². The van der Waals surface area contributed by atoms with Crippen LogP contribution in [-0.4, -0.2) is 10.5 Å². The molecule has 1 heterocycles. The molecule has 0 radical (unpaired) electrons. The molecule has 3 aromatic rings. The molecule has 0 saturated heterocycles. The maximum Gasteiger partial charge on any atom is 0.266 e. The van der Waals surface area contributed by atoms with Gasteiger partial charge in [0.25, 0.3) is 5.91 Å². The van der Waals surface area contributed by atoms with E-state index < -0.39 is 11.7 Å². The number of halogens is 1. The van der Waals surface area contributed by atoms with E-state index >= 15 is 0 Å². The second-order valence-corrected chi connectivity index (χ2v) is 5.27. The van der Waals surface area contributed by atoms with Gasteiger partial charge in [-0.15, -0.1) is 0 Å². The Labute approximate surface area is 144 Å². The van der Waals surface area contributed by atoms with Crippen LogP contribution in [0.3, 0.4) is 0 Å². The molecule has 0 unspecified atom stereocenters. The summed E-state index contributed by atoms with van der Waals surface area (Å²) in [5.41, 5.74) is 2.01. The van der Waals surface area contributed by atoms with E-state index in [1.165, 1.54) is 30.3 Å². The third kappa shape index (κ3) is 3.82. The van der Waals surface area contributed by atoms with E-state index in [9.17, 15) is 14.4 Å². The van der Waals surface area contributed by atoms with Crippen molar-refractivity contribution in [3.05, 3.63) is 90.0 Å². The summed E-state index contributed by atoms with van der Waals surface area (Å²) >= 11 is 0. The van der Waals surface area contributed by atoms with Crippen molar-refractivity contribution in [1.29, 1.82) is 5.26 Å². The lowest BCUT2D eigenvalue weighted by molar-refractivity contribution is -0.112. The predicted octanol–water partition coefficient (Wildman–Crippen LogP) is 4.16. The third-order valence-electron chi connectivity index (χ3n) is 3.57. The van der Waals surface area contributed by atoms with Crippen LogP contribution < -0.4 is 5.32 Å². The van der Waals surface area contributed by atoms with E-state index in [4.69, 9.17) is 0 Å². The van der Waals surface area contributed by atoms with Gasteiger partial charge in [0.2, 0.25) is 0 Å². The minimum Gasteiger partial charge on any atom is -0.321 e. The highest BCUT2D eigenvalue weighted by Crippen LogP contribution is 2.16. The Balaban J connectivity index is 1.86. The fourth-order valence-electron chi connectivity index (χ4n) is 2.36. The van der Waals surface area contributed by atoms with Crippen LogP contribution in [0.15, 0.2) is 78.5 Å². The second kappa shape index (κ2) is 7.28. The van der Waals surface area contributed by atoms with E-state index in [0.29, 0.717) is 11.4 Å². The molecule has 2 aromatic carbocycles. The number of benzene rings is 2. The van der Waals surface area contributed by atoms with Gasteiger partial charge in [-0.05, 0) is 54.6 Å². The van der Waals surface area contributed by atoms with Gasteiger partial charge in [-0.1, -0.05) is 18.2 Å². The number of rotatable bonds is 4. The van der Waals surface area contributed by atoms with E-state index in [1.54, 1.807) is 0 Å². The Morgan fingerprint density at radius 3 is 2.44 bits per heavy atom. The van der Waals surface area contributed by atoms with Crippen LogP contribution in [-0.2, 0) is 4.79 Å². The molecule has 0 aliphatic carbocycles. The van der Waals surface area contributed by atoms with Crippen LogP contribution in [0.25, 0.3) is 11.8 Å². The number of para-hydroxylation sites is 1. The molecule has 5 heteroatoms. The largest absolute Gasteiger partial charge is 0.321 e. The highest BCUT2D eigenvalue weighted by atomic mass is 19.1. The van der Waals surface area contributed by atoms with Gasteiger partial charge in [0.15, 0.2) is 0 Å².